The van der Waals surface area contributed by atoms with Gasteiger partial charge < -0.3 is 4.52 Å². The lowest BCUT2D eigenvalue weighted by Gasteiger charge is -2.20. The highest BCUT2D eigenvalue weighted by Crippen LogP contribution is 2.45. The van der Waals surface area contributed by atoms with Gasteiger partial charge in [0, 0.05) is 12.3 Å². The molecule has 0 atom stereocenters. The van der Waals surface area contributed by atoms with Crippen LogP contribution in [-0.2, 0) is 29.0 Å². The quantitative estimate of drug-likeness (QED) is 0.809. The maximum absolute atomic E-state index is 13.0. The fourth-order valence-corrected chi connectivity index (χ4v) is 3.69. The molecular weight excluding hydrogens is 306 g/mol. The van der Waals surface area contributed by atoms with E-state index in [1.54, 1.807) is 0 Å². The molecule has 4 rings (SSSR count). The van der Waals surface area contributed by atoms with E-state index in [9.17, 15) is 9.59 Å². The fourth-order valence-electron chi connectivity index (χ4n) is 3.69. The molecule has 1 aromatic heterocycles. The van der Waals surface area contributed by atoms with Crippen molar-refractivity contribution in [1.82, 2.24) is 15.0 Å². The van der Waals surface area contributed by atoms with Gasteiger partial charge in [0.25, 0.3) is 0 Å². The second-order valence-electron chi connectivity index (χ2n) is 7.07. The van der Waals surface area contributed by atoms with Crippen molar-refractivity contribution >= 4 is 11.8 Å². The van der Waals surface area contributed by atoms with Crippen LogP contribution in [0.2, 0.25) is 0 Å². The Morgan fingerprint density at radius 3 is 2.42 bits per heavy atom. The van der Waals surface area contributed by atoms with Gasteiger partial charge in [-0.25, -0.2) is 0 Å². The van der Waals surface area contributed by atoms with Crippen LogP contribution in [-0.4, -0.2) is 26.9 Å². The smallest absolute Gasteiger partial charge is 0.246 e. The normalized spacial score (nSPS) is 18.9. The second-order valence-corrected chi connectivity index (χ2v) is 7.07. The first-order chi connectivity index (χ1) is 11.5. The van der Waals surface area contributed by atoms with Crippen molar-refractivity contribution in [3.8, 4) is 0 Å². The van der Waals surface area contributed by atoms with E-state index < -0.39 is 5.41 Å². The van der Waals surface area contributed by atoms with Gasteiger partial charge in [-0.2, -0.15) is 4.98 Å². The average Bonchev–Trinajstić information content (AvgIpc) is 3.21. The number of hydrogen-bond acceptors (Lipinski definition) is 5. The van der Waals surface area contributed by atoms with Gasteiger partial charge in [0.1, 0.15) is 6.54 Å². The fraction of sp³-hybridized carbons (Fsp3) is 0.444. The molecule has 1 spiro atoms. The molecule has 6 nitrogen and oxygen atoms in total. The van der Waals surface area contributed by atoms with Gasteiger partial charge in [0.2, 0.25) is 17.7 Å². The summed E-state index contributed by atoms with van der Waals surface area (Å²) >= 11 is 0. The third-order valence-corrected chi connectivity index (χ3v) is 4.96. The molecule has 1 fully saturated rings. The summed E-state index contributed by atoms with van der Waals surface area (Å²) in [5.41, 5.74) is 1.71. The summed E-state index contributed by atoms with van der Waals surface area (Å²) in [6.07, 6.45) is 1.52. The first-order valence-corrected chi connectivity index (χ1v) is 8.22. The SMILES string of the molecule is CC(C)c1noc(CN2C(=O)CC3(Cc4ccccc4C3)C2=O)n1. The number of hydrogen-bond donors (Lipinski definition) is 0. The zero-order chi connectivity index (χ0) is 16.9. The van der Waals surface area contributed by atoms with Crippen LogP contribution in [0.1, 0.15) is 49.0 Å². The van der Waals surface area contributed by atoms with Crippen LogP contribution in [0.5, 0.6) is 0 Å². The number of carbonyl (C=O) groups is 2. The molecule has 124 valence electrons. The van der Waals surface area contributed by atoms with E-state index in [0.717, 1.165) is 0 Å². The van der Waals surface area contributed by atoms with E-state index in [1.165, 1.54) is 16.0 Å². The van der Waals surface area contributed by atoms with Crippen molar-refractivity contribution in [3.63, 3.8) is 0 Å². The van der Waals surface area contributed by atoms with Crippen LogP contribution in [0.4, 0.5) is 0 Å². The van der Waals surface area contributed by atoms with Crippen molar-refractivity contribution in [1.29, 1.82) is 0 Å². The van der Waals surface area contributed by atoms with Gasteiger partial charge >= 0.3 is 0 Å². The Kier molecular flexibility index (Phi) is 3.30. The van der Waals surface area contributed by atoms with Crippen LogP contribution >= 0.6 is 0 Å². The predicted octanol–water partition coefficient (Wildman–Crippen LogP) is 2.24. The van der Waals surface area contributed by atoms with Gasteiger partial charge in [-0.1, -0.05) is 43.3 Å². The lowest BCUT2D eigenvalue weighted by atomic mass is 9.83. The lowest BCUT2D eigenvalue weighted by Crippen LogP contribution is -2.36. The third-order valence-electron chi connectivity index (χ3n) is 4.96. The van der Waals surface area contributed by atoms with Gasteiger partial charge in [-0.15, -0.1) is 0 Å². The Labute approximate surface area is 139 Å². The Morgan fingerprint density at radius 1 is 1.17 bits per heavy atom. The molecular formula is C18H19N3O3. The standard InChI is InChI=1S/C18H19N3O3/c1-11(2)16-19-14(24-20-16)10-21-15(22)9-18(17(21)23)7-12-5-3-4-6-13(12)8-18/h3-6,11H,7-10H2,1-2H3. The summed E-state index contributed by atoms with van der Waals surface area (Å²) < 4.78 is 5.19. The number of imide groups is 1. The molecule has 2 aliphatic rings. The Bertz CT molecular complexity index is 799. The summed E-state index contributed by atoms with van der Waals surface area (Å²) in [5, 5.41) is 3.89. The first kappa shape index (κ1) is 15.1. The predicted molar refractivity (Wildman–Crippen MR) is 84.8 cm³/mol. The molecule has 0 bridgehead atoms. The van der Waals surface area contributed by atoms with E-state index in [-0.39, 0.29) is 30.7 Å². The maximum atomic E-state index is 13.0. The van der Waals surface area contributed by atoms with Gasteiger partial charge in [0.05, 0.1) is 5.41 Å². The van der Waals surface area contributed by atoms with E-state index in [4.69, 9.17) is 4.52 Å². The number of amides is 2. The van der Waals surface area contributed by atoms with Crippen LogP contribution in [0.25, 0.3) is 0 Å². The van der Waals surface area contributed by atoms with E-state index in [0.29, 0.717) is 24.6 Å². The summed E-state index contributed by atoms with van der Waals surface area (Å²) in [6.45, 7) is 3.99. The number of aromatic nitrogens is 2. The molecule has 1 aromatic carbocycles. The van der Waals surface area contributed by atoms with Gasteiger partial charge in [-0.05, 0) is 24.0 Å². The molecule has 0 saturated carbocycles. The zero-order valence-corrected chi connectivity index (χ0v) is 13.8. The first-order valence-electron chi connectivity index (χ1n) is 8.22. The van der Waals surface area contributed by atoms with E-state index in [2.05, 4.69) is 10.1 Å². The third kappa shape index (κ3) is 2.25. The van der Waals surface area contributed by atoms with Crippen molar-refractivity contribution in [2.24, 2.45) is 5.41 Å². The lowest BCUT2D eigenvalue weighted by molar-refractivity contribution is -0.142. The molecule has 2 amide bonds. The Morgan fingerprint density at radius 2 is 1.83 bits per heavy atom. The maximum Gasteiger partial charge on any atom is 0.246 e. The van der Waals surface area contributed by atoms with Crippen LogP contribution in [0.15, 0.2) is 28.8 Å². The minimum atomic E-state index is -0.623. The number of benzene rings is 1. The molecule has 0 unspecified atom stereocenters. The minimum absolute atomic E-state index is 0.0650. The second kappa shape index (κ2) is 5.26. The Hall–Kier alpha value is -2.50. The molecule has 0 radical (unpaired) electrons. The van der Waals surface area contributed by atoms with Crippen molar-refractivity contribution in [2.45, 2.75) is 45.6 Å². The molecule has 2 aromatic rings. The van der Waals surface area contributed by atoms with Gasteiger partial charge in [-0.3, -0.25) is 14.5 Å². The number of fused-ring (bicyclic) bond motifs is 1. The highest BCUT2D eigenvalue weighted by Gasteiger charge is 2.54. The molecule has 2 heterocycles. The number of likely N-dealkylation sites (tertiary alicyclic amines) is 1. The number of carbonyl (C=O) groups excluding carboxylic acids is 2. The minimum Gasteiger partial charge on any atom is -0.337 e. The van der Waals surface area contributed by atoms with Crippen molar-refractivity contribution in [3.05, 3.63) is 47.1 Å². The summed E-state index contributed by atoms with van der Waals surface area (Å²) in [4.78, 5) is 31.0. The average molecular weight is 325 g/mol. The van der Waals surface area contributed by atoms with E-state index in [1.807, 2.05) is 38.1 Å². The largest absolute Gasteiger partial charge is 0.337 e. The topological polar surface area (TPSA) is 76.3 Å². The van der Waals surface area contributed by atoms with E-state index >= 15 is 0 Å². The van der Waals surface area contributed by atoms with Gasteiger partial charge in [0.15, 0.2) is 5.82 Å². The molecule has 1 saturated heterocycles. The molecule has 24 heavy (non-hydrogen) atoms. The highest BCUT2D eigenvalue weighted by molar-refractivity contribution is 6.06. The molecule has 1 aliphatic carbocycles. The summed E-state index contributed by atoms with van der Waals surface area (Å²) in [6, 6.07) is 8.03. The molecule has 6 heteroatoms. The molecule has 0 N–H and O–H groups in total. The Balaban J connectivity index is 1.56. The van der Waals surface area contributed by atoms with Crippen molar-refractivity contribution < 1.29 is 14.1 Å². The van der Waals surface area contributed by atoms with Crippen LogP contribution in [0.3, 0.4) is 0 Å². The zero-order valence-electron chi connectivity index (χ0n) is 13.8. The van der Waals surface area contributed by atoms with Crippen LogP contribution < -0.4 is 0 Å². The monoisotopic (exact) mass is 325 g/mol. The molecule has 1 aliphatic heterocycles. The number of rotatable bonds is 3. The number of nitrogens with zero attached hydrogens (tertiary/aromatic N) is 3. The summed E-state index contributed by atoms with van der Waals surface area (Å²) in [7, 11) is 0. The highest BCUT2D eigenvalue weighted by atomic mass is 16.5. The summed E-state index contributed by atoms with van der Waals surface area (Å²) in [5.74, 6) is 0.772. The van der Waals surface area contributed by atoms with Crippen molar-refractivity contribution in [2.75, 3.05) is 0 Å². The van der Waals surface area contributed by atoms with Crippen LogP contribution in [0, 0.1) is 5.41 Å².